The van der Waals surface area contributed by atoms with Crippen molar-refractivity contribution in [2.45, 2.75) is 6.92 Å². The zero-order valence-corrected chi connectivity index (χ0v) is 12.6. The van der Waals surface area contributed by atoms with Crippen LogP contribution in [-0.2, 0) is 4.74 Å². The van der Waals surface area contributed by atoms with Crippen LogP contribution in [-0.4, -0.2) is 22.5 Å². The number of halogens is 1. The standard InChI is InChI=1S/C16H14ClN3O2/c1-2-22-15(21)10-4-3-5-12(8-10)18-16-19-13-7-6-11(17)9-14(13)20-16/h3-9H,2H2,1H3,(H2,18,19,20). The van der Waals surface area contributed by atoms with Crippen molar-refractivity contribution in [1.82, 2.24) is 9.97 Å². The molecule has 0 fully saturated rings. The monoisotopic (exact) mass is 315 g/mol. The number of nitrogens with zero attached hydrogens (tertiary/aromatic N) is 1. The number of aromatic nitrogens is 2. The number of hydrogen-bond donors (Lipinski definition) is 2. The van der Waals surface area contributed by atoms with Gasteiger partial charge in [-0.25, -0.2) is 9.78 Å². The van der Waals surface area contributed by atoms with Crippen molar-refractivity contribution in [3.05, 3.63) is 53.1 Å². The van der Waals surface area contributed by atoms with E-state index in [4.69, 9.17) is 16.3 Å². The van der Waals surface area contributed by atoms with Crippen LogP contribution in [0.4, 0.5) is 11.6 Å². The fourth-order valence-corrected chi connectivity index (χ4v) is 2.29. The molecule has 0 saturated heterocycles. The first-order valence-electron chi connectivity index (χ1n) is 6.85. The van der Waals surface area contributed by atoms with E-state index in [2.05, 4.69) is 15.3 Å². The molecule has 0 atom stereocenters. The van der Waals surface area contributed by atoms with Crippen LogP contribution >= 0.6 is 11.6 Å². The minimum Gasteiger partial charge on any atom is -0.462 e. The summed E-state index contributed by atoms with van der Waals surface area (Å²) in [6.07, 6.45) is 0. The molecule has 3 aromatic rings. The highest BCUT2D eigenvalue weighted by Gasteiger charge is 2.08. The van der Waals surface area contributed by atoms with Crippen LogP contribution in [0.25, 0.3) is 11.0 Å². The van der Waals surface area contributed by atoms with Gasteiger partial charge in [0.15, 0.2) is 0 Å². The summed E-state index contributed by atoms with van der Waals surface area (Å²) in [5.74, 6) is 0.237. The molecular formula is C16H14ClN3O2. The average molecular weight is 316 g/mol. The Morgan fingerprint density at radius 1 is 1.32 bits per heavy atom. The van der Waals surface area contributed by atoms with Gasteiger partial charge in [-0.3, -0.25) is 0 Å². The Kier molecular flexibility index (Phi) is 3.98. The number of rotatable bonds is 4. The summed E-state index contributed by atoms with van der Waals surface area (Å²) >= 11 is 5.95. The van der Waals surface area contributed by atoms with Gasteiger partial charge in [-0.15, -0.1) is 0 Å². The first-order valence-corrected chi connectivity index (χ1v) is 7.23. The van der Waals surface area contributed by atoms with Crippen molar-refractivity contribution in [2.75, 3.05) is 11.9 Å². The highest BCUT2D eigenvalue weighted by Crippen LogP contribution is 2.21. The molecule has 0 aliphatic rings. The predicted molar refractivity (Wildman–Crippen MR) is 86.8 cm³/mol. The highest BCUT2D eigenvalue weighted by molar-refractivity contribution is 6.31. The lowest BCUT2D eigenvalue weighted by Crippen LogP contribution is -2.05. The molecule has 1 aromatic heterocycles. The molecule has 112 valence electrons. The van der Waals surface area contributed by atoms with Crippen LogP contribution < -0.4 is 5.32 Å². The van der Waals surface area contributed by atoms with Gasteiger partial charge in [0.25, 0.3) is 0 Å². The molecule has 2 N–H and O–H groups in total. The number of ether oxygens (including phenoxy) is 1. The SMILES string of the molecule is CCOC(=O)c1cccc(Nc2nc3ccc(Cl)cc3[nH]2)c1. The van der Waals surface area contributed by atoms with Crippen molar-refractivity contribution in [3.8, 4) is 0 Å². The second kappa shape index (κ2) is 6.07. The third-order valence-corrected chi connectivity index (χ3v) is 3.32. The molecule has 0 aliphatic carbocycles. The smallest absolute Gasteiger partial charge is 0.338 e. The maximum atomic E-state index is 11.7. The number of anilines is 2. The van der Waals surface area contributed by atoms with E-state index in [1.165, 1.54) is 0 Å². The van der Waals surface area contributed by atoms with Crippen LogP contribution in [0, 0.1) is 0 Å². The summed E-state index contributed by atoms with van der Waals surface area (Å²) < 4.78 is 4.99. The van der Waals surface area contributed by atoms with Crippen molar-refractivity contribution >= 4 is 40.2 Å². The first kappa shape index (κ1) is 14.4. The number of imidazole rings is 1. The van der Waals surface area contributed by atoms with E-state index in [1.54, 1.807) is 31.2 Å². The Morgan fingerprint density at radius 3 is 3.00 bits per heavy atom. The number of esters is 1. The van der Waals surface area contributed by atoms with Crippen LogP contribution in [0.1, 0.15) is 17.3 Å². The number of aromatic amines is 1. The lowest BCUT2D eigenvalue weighted by atomic mass is 10.2. The van der Waals surface area contributed by atoms with Gasteiger partial charge in [0.1, 0.15) is 0 Å². The summed E-state index contributed by atoms with van der Waals surface area (Å²) in [7, 11) is 0. The van der Waals surface area contributed by atoms with E-state index in [-0.39, 0.29) is 5.97 Å². The van der Waals surface area contributed by atoms with Gasteiger partial charge in [-0.1, -0.05) is 17.7 Å². The number of nitrogens with one attached hydrogen (secondary N) is 2. The third-order valence-electron chi connectivity index (χ3n) is 3.08. The van der Waals surface area contributed by atoms with Crippen molar-refractivity contribution in [1.29, 1.82) is 0 Å². The molecule has 1 heterocycles. The van der Waals surface area contributed by atoms with Gasteiger partial charge in [0.05, 0.1) is 23.2 Å². The minimum absolute atomic E-state index is 0.345. The van der Waals surface area contributed by atoms with Crippen LogP contribution in [0.15, 0.2) is 42.5 Å². The maximum Gasteiger partial charge on any atom is 0.338 e. The molecular weight excluding hydrogens is 302 g/mol. The molecule has 5 nitrogen and oxygen atoms in total. The van der Waals surface area contributed by atoms with Gasteiger partial charge in [0, 0.05) is 10.7 Å². The maximum absolute atomic E-state index is 11.7. The number of benzene rings is 2. The summed E-state index contributed by atoms with van der Waals surface area (Å²) in [6.45, 7) is 2.13. The lowest BCUT2D eigenvalue weighted by Gasteiger charge is -2.05. The fourth-order valence-electron chi connectivity index (χ4n) is 2.12. The Labute approximate surface area is 132 Å². The van der Waals surface area contributed by atoms with E-state index < -0.39 is 0 Å². The molecule has 6 heteroatoms. The van der Waals surface area contributed by atoms with Gasteiger partial charge in [-0.2, -0.15) is 0 Å². The first-order chi connectivity index (χ1) is 10.7. The number of H-pyrrole nitrogens is 1. The Balaban J connectivity index is 1.85. The Bertz CT molecular complexity index is 829. The number of hydrogen-bond acceptors (Lipinski definition) is 4. The Hall–Kier alpha value is -2.53. The molecule has 3 rings (SSSR count). The molecule has 0 radical (unpaired) electrons. The van der Waals surface area contributed by atoms with E-state index in [9.17, 15) is 4.79 Å². The molecule has 0 aliphatic heterocycles. The largest absolute Gasteiger partial charge is 0.462 e. The van der Waals surface area contributed by atoms with E-state index in [1.807, 2.05) is 18.2 Å². The second-order valence-electron chi connectivity index (χ2n) is 4.67. The number of carbonyl (C=O) groups is 1. The zero-order chi connectivity index (χ0) is 15.5. The molecule has 0 spiro atoms. The van der Waals surface area contributed by atoms with Crippen molar-refractivity contribution < 1.29 is 9.53 Å². The summed E-state index contributed by atoms with van der Waals surface area (Å²) in [5, 5.41) is 3.78. The minimum atomic E-state index is -0.345. The average Bonchev–Trinajstić information content (AvgIpc) is 2.89. The van der Waals surface area contributed by atoms with Crippen LogP contribution in [0.3, 0.4) is 0 Å². The normalized spacial score (nSPS) is 10.6. The third kappa shape index (κ3) is 3.04. The second-order valence-corrected chi connectivity index (χ2v) is 5.11. The number of carbonyl (C=O) groups excluding carboxylic acids is 1. The van der Waals surface area contributed by atoms with Gasteiger partial charge in [0.2, 0.25) is 5.95 Å². The summed E-state index contributed by atoms with van der Waals surface area (Å²) in [5.41, 5.74) is 2.90. The van der Waals surface area contributed by atoms with Crippen LogP contribution in [0.2, 0.25) is 5.02 Å². The molecule has 22 heavy (non-hydrogen) atoms. The highest BCUT2D eigenvalue weighted by atomic mass is 35.5. The molecule has 0 saturated carbocycles. The van der Waals surface area contributed by atoms with Gasteiger partial charge >= 0.3 is 5.97 Å². The van der Waals surface area contributed by atoms with E-state index in [0.29, 0.717) is 23.1 Å². The van der Waals surface area contributed by atoms with Crippen LogP contribution in [0.5, 0.6) is 0 Å². The quantitative estimate of drug-likeness (QED) is 0.710. The molecule has 0 unspecified atom stereocenters. The predicted octanol–water partition coefficient (Wildman–Crippen LogP) is 4.14. The molecule has 0 bridgehead atoms. The van der Waals surface area contributed by atoms with E-state index in [0.717, 1.165) is 16.7 Å². The molecule has 0 amide bonds. The van der Waals surface area contributed by atoms with Crippen molar-refractivity contribution in [2.24, 2.45) is 0 Å². The lowest BCUT2D eigenvalue weighted by molar-refractivity contribution is 0.0526. The van der Waals surface area contributed by atoms with Crippen molar-refractivity contribution in [3.63, 3.8) is 0 Å². The zero-order valence-electron chi connectivity index (χ0n) is 11.9. The fraction of sp³-hybridized carbons (Fsp3) is 0.125. The van der Waals surface area contributed by atoms with Gasteiger partial charge in [-0.05, 0) is 43.3 Å². The van der Waals surface area contributed by atoms with Gasteiger partial charge < -0.3 is 15.0 Å². The Morgan fingerprint density at radius 2 is 2.18 bits per heavy atom. The topological polar surface area (TPSA) is 67.0 Å². The number of fused-ring (bicyclic) bond motifs is 1. The summed E-state index contributed by atoms with van der Waals surface area (Å²) in [4.78, 5) is 19.3. The summed E-state index contributed by atoms with van der Waals surface area (Å²) in [6, 6.07) is 12.5. The van der Waals surface area contributed by atoms with E-state index >= 15 is 0 Å². The molecule has 2 aromatic carbocycles.